The number of amides is 1. The molecule has 0 bridgehead atoms. The van der Waals surface area contributed by atoms with Crippen molar-refractivity contribution in [1.29, 1.82) is 0 Å². The van der Waals surface area contributed by atoms with Gasteiger partial charge in [-0.15, -0.1) is 0 Å². The quantitative estimate of drug-likeness (QED) is 0.0692. The van der Waals surface area contributed by atoms with Crippen molar-refractivity contribution in [3.8, 4) is 0 Å². The number of benzene rings is 2. The minimum atomic E-state index is -0.721. The van der Waals surface area contributed by atoms with Crippen LogP contribution in [0.2, 0.25) is 0 Å². The van der Waals surface area contributed by atoms with Gasteiger partial charge in [0.15, 0.2) is 5.78 Å². The van der Waals surface area contributed by atoms with E-state index in [-0.39, 0.29) is 79.4 Å². The molecule has 0 saturated heterocycles. The molecule has 54 heavy (non-hydrogen) atoms. The van der Waals surface area contributed by atoms with E-state index in [2.05, 4.69) is 0 Å². The van der Waals surface area contributed by atoms with Crippen LogP contribution in [0.3, 0.4) is 0 Å². The third-order valence-electron chi connectivity index (χ3n) is 10.0. The number of hydrogen-bond acceptors (Lipinski definition) is 8. The van der Waals surface area contributed by atoms with E-state index in [4.69, 9.17) is 5.73 Å². The zero-order chi connectivity index (χ0) is 40.0. The topological polar surface area (TPSA) is 149 Å². The Balaban J connectivity index is 2.25. The van der Waals surface area contributed by atoms with Crippen LogP contribution in [0.5, 0.6) is 0 Å². The molecule has 0 heterocycles. The van der Waals surface area contributed by atoms with Gasteiger partial charge in [-0.25, -0.2) is 0 Å². The maximum atomic E-state index is 14.1. The van der Waals surface area contributed by atoms with Crippen molar-refractivity contribution in [2.75, 3.05) is 20.1 Å². The van der Waals surface area contributed by atoms with Gasteiger partial charge < -0.3 is 15.4 Å². The molecule has 1 amide bonds. The van der Waals surface area contributed by atoms with Crippen LogP contribution in [0.25, 0.3) is 0 Å². The van der Waals surface area contributed by atoms with Gasteiger partial charge in [0.1, 0.15) is 29.4 Å². The Hall–Kier alpha value is -4.11. The van der Waals surface area contributed by atoms with E-state index in [0.29, 0.717) is 45.1 Å². The summed E-state index contributed by atoms with van der Waals surface area (Å²) in [6.07, 6.45) is 5.01. The summed E-state index contributed by atoms with van der Waals surface area (Å²) in [5.41, 5.74) is 7.46. The predicted molar refractivity (Wildman–Crippen MR) is 213 cm³/mol. The number of unbranched alkanes of at least 4 members (excludes halogenated alkanes) is 1. The monoisotopic (exact) mass is 744 g/mol. The average Bonchev–Trinajstić information content (AvgIpc) is 3.13. The van der Waals surface area contributed by atoms with Crippen LogP contribution >= 0.6 is 0 Å². The number of hydrogen-bond donors (Lipinski definition) is 1. The smallest absolute Gasteiger partial charge is 0.226 e. The molecule has 2 N–H and O–H groups in total. The molecule has 0 saturated carbocycles. The highest BCUT2D eigenvalue weighted by Crippen LogP contribution is 2.26. The first-order valence-corrected chi connectivity index (χ1v) is 19.9. The molecule has 2 aromatic rings. The number of rotatable bonds is 29. The zero-order valence-corrected chi connectivity index (χ0v) is 33.3. The number of nitrogens with zero attached hydrogens (tertiary/aromatic N) is 1. The molecule has 9 heteroatoms. The summed E-state index contributed by atoms with van der Waals surface area (Å²) in [5, 5.41) is 0. The Bertz CT molecular complexity index is 1490. The van der Waals surface area contributed by atoms with Crippen LogP contribution in [0.15, 0.2) is 60.7 Å². The lowest BCUT2D eigenvalue weighted by Crippen LogP contribution is -2.39. The van der Waals surface area contributed by atoms with E-state index >= 15 is 0 Å². The highest BCUT2D eigenvalue weighted by atomic mass is 16.2. The molecule has 9 nitrogen and oxygen atoms in total. The summed E-state index contributed by atoms with van der Waals surface area (Å²) in [6, 6.07) is 18.8. The molecule has 0 spiro atoms. The lowest BCUT2D eigenvalue weighted by atomic mass is 9.81. The molecule has 5 unspecified atom stereocenters. The van der Waals surface area contributed by atoms with E-state index in [1.165, 1.54) is 4.90 Å². The van der Waals surface area contributed by atoms with E-state index in [1.54, 1.807) is 14.0 Å². The third kappa shape index (κ3) is 17.4. The third-order valence-corrected chi connectivity index (χ3v) is 10.0. The fourth-order valence-electron chi connectivity index (χ4n) is 7.15. The highest BCUT2D eigenvalue weighted by Gasteiger charge is 2.32. The van der Waals surface area contributed by atoms with Gasteiger partial charge in [-0.1, -0.05) is 94.8 Å². The normalized spacial score (nSPS) is 14.1. The van der Waals surface area contributed by atoms with Crippen LogP contribution in [0, 0.1) is 35.5 Å². The molecule has 2 rings (SSSR count). The molecule has 0 aliphatic rings. The lowest BCUT2D eigenvalue weighted by molar-refractivity contribution is -0.141. The molecule has 2 aromatic carbocycles. The summed E-state index contributed by atoms with van der Waals surface area (Å²) >= 11 is 0. The van der Waals surface area contributed by atoms with E-state index in [1.807, 2.05) is 81.4 Å². The zero-order valence-electron chi connectivity index (χ0n) is 33.3. The van der Waals surface area contributed by atoms with Gasteiger partial charge in [-0.2, -0.15) is 0 Å². The summed E-state index contributed by atoms with van der Waals surface area (Å²) in [4.78, 5) is 94.0. The number of aldehydes is 1. The number of carbonyl (C=O) groups excluding carboxylic acids is 7. The standard InChI is InChI=1S/C45H64N2O7/c1-6-15-40(49)26-36(20-13-14-21-46)43(52)29-39(22-32(2)3)45(54)47(5)30-41(50)27-37(24-34-16-9-7-10-17-34)44(53)28-38(42(51)23-33(4)31-48)25-35-18-11-8-12-19-35/h7-12,16-19,31-33,36-39H,6,13-15,20-30,46H2,1-5H3. The minimum absolute atomic E-state index is 0.00306. The minimum Gasteiger partial charge on any atom is -0.338 e. The van der Waals surface area contributed by atoms with Gasteiger partial charge >= 0.3 is 0 Å². The molecule has 0 radical (unpaired) electrons. The Morgan fingerprint density at radius 2 is 1.17 bits per heavy atom. The van der Waals surface area contributed by atoms with Crippen molar-refractivity contribution in [2.24, 2.45) is 41.2 Å². The summed E-state index contributed by atoms with van der Waals surface area (Å²) in [6.45, 7) is 7.85. The van der Waals surface area contributed by atoms with Crippen molar-refractivity contribution in [3.63, 3.8) is 0 Å². The van der Waals surface area contributed by atoms with Crippen LogP contribution in [0.4, 0.5) is 0 Å². The van der Waals surface area contributed by atoms with Crippen LogP contribution in [-0.4, -0.2) is 66.1 Å². The van der Waals surface area contributed by atoms with E-state index < -0.39 is 29.6 Å². The SMILES string of the molecule is CCCC(=O)CC(CCCCN)C(=O)CC(CC(C)C)C(=O)N(C)CC(=O)CC(Cc1ccccc1)C(=O)CC(Cc1ccccc1)C(=O)CC(C)C=O. The maximum absolute atomic E-state index is 14.1. The Labute approximate surface area is 323 Å². The maximum Gasteiger partial charge on any atom is 0.226 e. The molecular weight excluding hydrogens is 681 g/mol. The van der Waals surface area contributed by atoms with Gasteiger partial charge in [-0.3, -0.25) is 28.8 Å². The molecule has 0 aliphatic carbocycles. The first-order valence-electron chi connectivity index (χ1n) is 19.9. The lowest BCUT2D eigenvalue weighted by Gasteiger charge is -2.26. The first-order chi connectivity index (χ1) is 25.8. The van der Waals surface area contributed by atoms with Crippen molar-refractivity contribution in [3.05, 3.63) is 71.8 Å². The van der Waals surface area contributed by atoms with Crippen molar-refractivity contribution in [2.45, 2.75) is 111 Å². The van der Waals surface area contributed by atoms with Gasteiger partial charge in [0, 0.05) is 75.2 Å². The Kier molecular flexibility index (Phi) is 21.4. The molecule has 0 fully saturated rings. The second-order valence-electron chi connectivity index (χ2n) is 15.6. The summed E-state index contributed by atoms with van der Waals surface area (Å²) in [7, 11) is 1.55. The fraction of sp³-hybridized carbons (Fsp3) is 0.578. The van der Waals surface area contributed by atoms with Crippen LogP contribution in [-0.2, 0) is 46.4 Å². The van der Waals surface area contributed by atoms with Gasteiger partial charge in [0.05, 0.1) is 6.54 Å². The second kappa shape index (κ2) is 25.1. The predicted octanol–water partition coefficient (Wildman–Crippen LogP) is 7.00. The van der Waals surface area contributed by atoms with E-state index in [9.17, 15) is 33.6 Å². The number of likely N-dealkylation sites (N-methyl/N-ethyl adjacent to an activating group) is 1. The number of nitrogens with two attached hydrogens (primary N) is 1. The largest absolute Gasteiger partial charge is 0.338 e. The molecule has 0 aromatic heterocycles. The van der Waals surface area contributed by atoms with E-state index in [0.717, 1.165) is 30.3 Å². The molecule has 0 aliphatic heterocycles. The molecule has 296 valence electrons. The van der Waals surface area contributed by atoms with Gasteiger partial charge in [-0.05, 0) is 62.1 Å². The Morgan fingerprint density at radius 1 is 0.667 bits per heavy atom. The van der Waals surface area contributed by atoms with Crippen LogP contribution < -0.4 is 5.73 Å². The summed E-state index contributed by atoms with van der Waals surface area (Å²) < 4.78 is 0. The first kappa shape index (κ1) is 46.0. The molecular formula is C45H64N2O7. The van der Waals surface area contributed by atoms with Gasteiger partial charge in [0.2, 0.25) is 5.91 Å². The van der Waals surface area contributed by atoms with Crippen molar-refractivity contribution >= 4 is 41.1 Å². The summed E-state index contributed by atoms with van der Waals surface area (Å²) in [5.74, 6) is -3.87. The van der Waals surface area contributed by atoms with Crippen molar-refractivity contribution in [1.82, 2.24) is 4.90 Å². The highest BCUT2D eigenvalue weighted by molar-refractivity contribution is 5.95. The molecule has 5 atom stereocenters. The second-order valence-corrected chi connectivity index (χ2v) is 15.6. The fourth-order valence-corrected chi connectivity index (χ4v) is 7.15. The average molecular weight is 745 g/mol. The number of carbonyl (C=O) groups is 7. The van der Waals surface area contributed by atoms with Crippen LogP contribution in [0.1, 0.15) is 109 Å². The number of ketones is 5. The Morgan fingerprint density at radius 3 is 1.69 bits per heavy atom. The number of Topliss-reactive ketones (excluding diaryl/α,β-unsaturated/α-hetero) is 5. The van der Waals surface area contributed by atoms with Crippen molar-refractivity contribution < 1.29 is 33.6 Å². The van der Waals surface area contributed by atoms with Gasteiger partial charge in [0.25, 0.3) is 0 Å².